The Labute approximate surface area is 150 Å². The van der Waals surface area contributed by atoms with Crippen LogP contribution in [-0.2, 0) is 27.8 Å². The molecular weight excluding hydrogens is 336 g/mol. The second-order valence-corrected chi connectivity index (χ2v) is 9.54. The molecule has 2 aliphatic carbocycles. The van der Waals surface area contributed by atoms with Gasteiger partial charge in [-0.3, -0.25) is 4.79 Å². The highest BCUT2D eigenvalue weighted by atomic mass is 32.2. The second kappa shape index (κ2) is 5.81. The first kappa shape index (κ1) is 17.0. The quantitative estimate of drug-likeness (QED) is 0.812. The maximum absolute atomic E-state index is 13.1. The van der Waals surface area contributed by atoms with Crippen molar-refractivity contribution in [1.82, 2.24) is 8.61 Å². The molecule has 1 aromatic carbocycles. The molecule has 1 saturated carbocycles. The summed E-state index contributed by atoms with van der Waals surface area (Å²) in [6, 6.07) is 8.44. The Morgan fingerprint density at radius 3 is 2.20 bits per heavy atom. The number of amides is 1. The molecule has 136 valence electrons. The van der Waals surface area contributed by atoms with E-state index in [0.717, 1.165) is 32.1 Å². The van der Waals surface area contributed by atoms with Gasteiger partial charge >= 0.3 is 10.2 Å². The number of hydrogen-bond acceptors (Lipinski definition) is 3. The number of benzene rings is 1. The van der Waals surface area contributed by atoms with Gasteiger partial charge in [0.1, 0.15) is 0 Å². The van der Waals surface area contributed by atoms with Crippen LogP contribution in [0.25, 0.3) is 0 Å². The monoisotopic (exact) mass is 362 g/mol. The molecule has 0 aromatic heterocycles. The number of rotatable bonds is 2. The first-order valence-corrected chi connectivity index (χ1v) is 10.7. The Morgan fingerprint density at radius 2 is 1.72 bits per heavy atom. The van der Waals surface area contributed by atoms with Gasteiger partial charge in [0.05, 0.1) is 5.54 Å². The van der Waals surface area contributed by atoms with Gasteiger partial charge in [-0.2, -0.15) is 12.7 Å². The summed E-state index contributed by atoms with van der Waals surface area (Å²) in [5.74, 6) is 0.0878. The second-order valence-electron chi connectivity index (χ2n) is 7.76. The molecule has 2 atom stereocenters. The minimum atomic E-state index is -3.71. The molecule has 25 heavy (non-hydrogen) atoms. The smallest absolute Gasteiger partial charge is 0.274 e. The zero-order chi connectivity index (χ0) is 17.8. The van der Waals surface area contributed by atoms with E-state index in [2.05, 4.69) is 24.3 Å². The average molecular weight is 362 g/mol. The van der Waals surface area contributed by atoms with Crippen molar-refractivity contribution < 1.29 is 13.2 Å². The highest BCUT2D eigenvalue weighted by Crippen LogP contribution is 2.54. The van der Waals surface area contributed by atoms with E-state index in [1.807, 2.05) is 6.92 Å². The molecule has 2 fully saturated rings. The van der Waals surface area contributed by atoms with Crippen LogP contribution in [0.3, 0.4) is 0 Å². The van der Waals surface area contributed by atoms with Crippen LogP contribution in [0.5, 0.6) is 0 Å². The van der Waals surface area contributed by atoms with Crippen molar-refractivity contribution in [2.24, 2.45) is 11.8 Å². The molecule has 3 aliphatic rings. The standard InChI is InChI=1S/C19H26N2O3S/c1-3-10-20-13-19(21(14(2)22)25(20,23)24)17-8-9-18(19)12-16-7-5-4-6-15(16)11-17/h4-7,17-18H,3,8-13H2,1-2H3. The lowest BCUT2D eigenvalue weighted by atomic mass is 9.78. The Bertz CT molecular complexity index is 772. The summed E-state index contributed by atoms with van der Waals surface area (Å²) >= 11 is 0. The molecule has 1 spiro atoms. The summed E-state index contributed by atoms with van der Waals surface area (Å²) in [5.41, 5.74) is 2.08. The van der Waals surface area contributed by atoms with E-state index < -0.39 is 15.7 Å². The third-order valence-corrected chi connectivity index (χ3v) is 8.47. The molecule has 2 bridgehead atoms. The molecule has 2 unspecified atom stereocenters. The number of hydrogen-bond donors (Lipinski definition) is 0. The molecule has 1 heterocycles. The zero-order valence-electron chi connectivity index (χ0n) is 14.9. The normalized spacial score (nSPS) is 33.4. The lowest BCUT2D eigenvalue weighted by Gasteiger charge is -2.40. The van der Waals surface area contributed by atoms with Gasteiger partial charge in [0.25, 0.3) is 0 Å². The van der Waals surface area contributed by atoms with E-state index in [1.54, 1.807) is 4.31 Å². The minimum absolute atomic E-state index is 0.210. The predicted octanol–water partition coefficient (Wildman–Crippen LogP) is 2.37. The van der Waals surface area contributed by atoms with Gasteiger partial charge in [0.2, 0.25) is 5.91 Å². The van der Waals surface area contributed by atoms with Gasteiger partial charge < -0.3 is 0 Å². The van der Waals surface area contributed by atoms with E-state index in [1.165, 1.54) is 22.4 Å². The largest absolute Gasteiger partial charge is 0.306 e. The van der Waals surface area contributed by atoms with Crippen molar-refractivity contribution >= 4 is 16.1 Å². The maximum Gasteiger partial charge on any atom is 0.306 e. The number of carbonyl (C=O) groups is 1. The van der Waals surface area contributed by atoms with Crippen LogP contribution in [0.1, 0.15) is 44.2 Å². The molecule has 1 aromatic rings. The molecule has 1 aliphatic heterocycles. The summed E-state index contributed by atoms with van der Waals surface area (Å²) in [6.45, 7) is 4.34. The first-order chi connectivity index (χ1) is 11.9. The van der Waals surface area contributed by atoms with Gasteiger partial charge in [-0.25, -0.2) is 4.31 Å². The fourth-order valence-electron chi connectivity index (χ4n) is 5.53. The van der Waals surface area contributed by atoms with Crippen LogP contribution < -0.4 is 0 Å². The van der Waals surface area contributed by atoms with Crippen molar-refractivity contribution in [2.75, 3.05) is 13.1 Å². The third kappa shape index (κ3) is 2.30. The summed E-state index contributed by atoms with van der Waals surface area (Å²) in [7, 11) is -3.71. The van der Waals surface area contributed by atoms with Crippen molar-refractivity contribution in [3.05, 3.63) is 35.4 Å². The van der Waals surface area contributed by atoms with E-state index in [0.29, 0.717) is 13.1 Å². The minimum Gasteiger partial charge on any atom is -0.274 e. The fourth-order valence-corrected chi connectivity index (χ4v) is 7.65. The lowest BCUT2D eigenvalue weighted by Crippen LogP contribution is -2.56. The van der Waals surface area contributed by atoms with Gasteiger partial charge in [0, 0.05) is 20.0 Å². The van der Waals surface area contributed by atoms with Gasteiger partial charge in [0.15, 0.2) is 0 Å². The molecule has 1 saturated heterocycles. The van der Waals surface area contributed by atoms with E-state index >= 15 is 0 Å². The Kier molecular flexibility index (Phi) is 3.96. The van der Waals surface area contributed by atoms with E-state index in [4.69, 9.17) is 0 Å². The molecular formula is C19H26N2O3S. The third-order valence-electron chi connectivity index (χ3n) is 6.45. The van der Waals surface area contributed by atoms with Crippen molar-refractivity contribution in [3.8, 4) is 0 Å². The van der Waals surface area contributed by atoms with Crippen LogP contribution in [0.15, 0.2) is 24.3 Å². The topological polar surface area (TPSA) is 57.7 Å². The lowest BCUT2D eigenvalue weighted by molar-refractivity contribution is -0.129. The van der Waals surface area contributed by atoms with Gasteiger partial charge in [-0.15, -0.1) is 0 Å². The summed E-state index contributed by atoms with van der Waals surface area (Å²) in [6.07, 6.45) is 4.49. The van der Waals surface area contributed by atoms with Crippen molar-refractivity contribution in [3.63, 3.8) is 0 Å². The average Bonchev–Trinajstić information content (AvgIpc) is 2.91. The number of nitrogens with zero attached hydrogens (tertiary/aromatic N) is 2. The fraction of sp³-hybridized carbons (Fsp3) is 0.632. The zero-order valence-corrected chi connectivity index (χ0v) is 15.8. The molecule has 0 radical (unpaired) electrons. The SMILES string of the molecule is CCCN1CC2(C3CCC2Cc2ccccc2C3)N(C(C)=O)S1(=O)=O. The number of fused-ring (bicyclic) bond motifs is 1. The Balaban J connectivity index is 1.84. The summed E-state index contributed by atoms with van der Waals surface area (Å²) in [5, 5.41) is 0. The highest BCUT2D eigenvalue weighted by molar-refractivity contribution is 7.87. The molecule has 4 rings (SSSR count). The van der Waals surface area contributed by atoms with E-state index in [-0.39, 0.29) is 17.7 Å². The van der Waals surface area contributed by atoms with Gasteiger partial charge in [-0.1, -0.05) is 31.2 Å². The van der Waals surface area contributed by atoms with Crippen LogP contribution in [0, 0.1) is 11.8 Å². The maximum atomic E-state index is 13.1. The molecule has 5 nitrogen and oxygen atoms in total. The first-order valence-electron chi connectivity index (χ1n) is 9.29. The van der Waals surface area contributed by atoms with Crippen molar-refractivity contribution in [2.45, 2.75) is 51.5 Å². The Hall–Kier alpha value is -1.40. The molecule has 0 N–H and O–H groups in total. The van der Waals surface area contributed by atoms with E-state index in [9.17, 15) is 13.2 Å². The van der Waals surface area contributed by atoms with Crippen molar-refractivity contribution in [1.29, 1.82) is 0 Å². The summed E-state index contributed by atoms with van der Waals surface area (Å²) in [4.78, 5) is 12.5. The molecule has 1 amide bonds. The van der Waals surface area contributed by atoms with Crippen LogP contribution in [0.2, 0.25) is 0 Å². The van der Waals surface area contributed by atoms with Crippen LogP contribution >= 0.6 is 0 Å². The van der Waals surface area contributed by atoms with Gasteiger partial charge in [-0.05, 0) is 55.1 Å². The Morgan fingerprint density at radius 1 is 1.16 bits per heavy atom. The van der Waals surface area contributed by atoms with Crippen LogP contribution in [-0.4, -0.2) is 41.6 Å². The summed E-state index contributed by atoms with van der Waals surface area (Å²) < 4.78 is 29.1. The highest BCUT2D eigenvalue weighted by Gasteiger charge is 2.65. The number of carbonyl (C=O) groups excluding carboxylic acids is 1. The molecule has 6 heteroatoms. The van der Waals surface area contributed by atoms with Crippen LogP contribution in [0.4, 0.5) is 0 Å². The predicted molar refractivity (Wildman–Crippen MR) is 96.1 cm³/mol.